The van der Waals surface area contributed by atoms with Gasteiger partial charge in [-0.2, -0.15) is 0 Å². The van der Waals surface area contributed by atoms with Crippen LogP contribution in [0.25, 0.3) is 0 Å². The predicted octanol–water partition coefficient (Wildman–Crippen LogP) is -0.370. The van der Waals surface area contributed by atoms with Crippen LogP contribution in [0.4, 0.5) is 0 Å². The second-order valence-corrected chi connectivity index (χ2v) is 8.29. The lowest BCUT2D eigenvalue weighted by molar-refractivity contribution is -0.164. The quantitative estimate of drug-likeness (QED) is 0.670. The molecule has 0 atom stereocenters. The Morgan fingerprint density at radius 3 is 1.96 bits per heavy atom. The monoisotopic (exact) mass is 340 g/mol. The number of hydrogen-bond acceptors (Lipinski definition) is 5. The number of aliphatic hydroxyl groups is 1. The Hall–Kier alpha value is -1.18. The van der Waals surface area contributed by atoms with Crippen LogP contribution < -0.4 is 5.73 Å². The first-order valence-electron chi connectivity index (χ1n) is 8.81. The van der Waals surface area contributed by atoms with E-state index in [0.29, 0.717) is 45.6 Å². The van der Waals surface area contributed by atoms with Gasteiger partial charge in [-0.25, -0.2) is 0 Å². The number of rotatable bonds is 2. The summed E-state index contributed by atoms with van der Waals surface area (Å²) >= 11 is 0. The van der Waals surface area contributed by atoms with E-state index in [9.17, 15) is 9.59 Å². The smallest absolute Gasteiger partial charge is 0.312 e. The first kappa shape index (κ1) is 19.1. The number of nitrogens with zero attached hydrogens (tertiary/aromatic N) is 3. The van der Waals surface area contributed by atoms with Gasteiger partial charge >= 0.3 is 11.8 Å². The number of aliphatic hydroxyl groups excluding tert-OH is 1. The van der Waals surface area contributed by atoms with Crippen molar-refractivity contribution in [2.45, 2.75) is 57.7 Å². The molecule has 2 saturated heterocycles. The number of piperazine rings is 1. The summed E-state index contributed by atoms with van der Waals surface area (Å²) in [4.78, 5) is 31.2. The van der Waals surface area contributed by atoms with Gasteiger partial charge in [0.05, 0.1) is 6.61 Å². The van der Waals surface area contributed by atoms with Crippen molar-refractivity contribution < 1.29 is 14.7 Å². The van der Waals surface area contributed by atoms with Crippen LogP contribution in [0.2, 0.25) is 0 Å². The summed E-state index contributed by atoms with van der Waals surface area (Å²) in [6.45, 7) is 11.1. The number of likely N-dealkylation sites (tertiary alicyclic amines) is 1. The Morgan fingerprint density at radius 1 is 1.00 bits per heavy atom. The van der Waals surface area contributed by atoms with Gasteiger partial charge in [0, 0.05) is 49.8 Å². The van der Waals surface area contributed by atoms with Crippen LogP contribution >= 0.6 is 0 Å². The normalized spacial score (nSPS) is 24.9. The molecule has 0 aromatic rings. The molecule has 0 aliphatic carbocycles. The number of β-amino-alcohol motifs (C(OH)–C–C–N with tert-alkyl or cyclic N) is 1. The van der Waals surface area contributed by atoms with Crippen molar-refractivity contribution in [2.75, 3.05) is 39.3 Å². The molecule has 2 aliphatic rings. The van der Waals surface area contributed by atoms with E-state index in [1.807, 2.05) is 27.7 Å². The highest BCUT2D eigenvalue weighted by Crippen LogP contribution is 2.38. The van der Waals surface area contributed by atoms with Crippen molar-refractivity contribution >= 4 is 11.8 Å². The van der Waals surface area contributed by atoms with Crippen LogP contribution in [0.3, 0.4) is 0 Å². The molecule has 2 amide bonds. The fraction of sp³-hybridized carbons (Fsp3) is 0.882. The second-order valence-electron chi connectivity index (χ2n) is 8.29. The SMILES string of the molecule is CC1(C)CC(N)CC(C)(C)N1C(=O)C(=O)N1CCN(CCO)CC1. The van der Waals surface area contributed by atoms with Gasteiger partial charge in [0.25, 0.3) is 0 Å². The lowest BCUT2D eigenvalue weighted by Crippen LogP contribution is -2.67. The number of carbonyl (C=O) groups excluding carboxylic acids is 2. The molecule has 0 aromatic heterocycles. The van der Waals surface area contributed by atoms with E-state index >= 15 is 0 Å². The minimum absolute atomic E-state index is 0.0381. The highest BCUT2D eigenvalue weighted by atomic mass is 16.3. The molecular formula is C17H32N4O3. The van der Waals surface area contributed by atoms with E-state index < -0.39 is 22.9 Å². The molecule has 3 N–H and O–H groups in total. The zero-order chi connectivity index (χ0) is 18.1. The maximum absolute atomic E-state index is 13.0. The fourth-order valence-electron chi connectivity index (χ4n) is 4.45. The summed E-state index contributed by atoms with van der Waals surface area (Å²) in [5, 5.41) is 9.00. The Morgan fingerprint density at radius 2 is 1.50 bits per heavy atom. The second kappa shape index (κ2) is 6.98. The average molecular weight is 340 g/mol. The van der Waals surface area contributed by atoms with Crippen LogP contribution in [0, 0.1) is 0 Å². The lowest BCUT2D eigenvalue weighted by Gasteiger charge is -2.54. The molecule has 7 nitrogen and oxygen atoms in total. The van der Waals surface area contributed by atoms with Crippen molar-refractivity contribution in [3.05, 3.63) is 0 Å². The molecule has 0 bridgehead atoms. The molecule has 2 aliphatic heterocycles. The number of nitrogens with two attached hydrogens (primary N) is 1. The third kappa shape index (κ3) is 3.90. The van der Waals surface area contributed by atoms with Crippen molar-refractivity contribution in [1.82, 2.24) is 14.7 Å². The summed E-state index contributed by atoms with van der Waals surface area (Å²) in [5.74, 6) is -0.845. The van der Waals surface area contributed by atoms with Crippen molar-refractivity contribution in [1.29, 1.82) is 0 Å². The Balaban J connectivity index is 2.08. The molecule has 0 spiro atoms. The van der Waals surface area contributed by atoms with Gasteiger partial charge in [-0.15, -0.1) is 0 Å². The highest BCUT2D eigenvalue weighted by Gasteiger charge is 2.49. The number of carbonyl (C=O) groups is 2. The molecule has 2 heterocycles. The maximum Gasteiger partial charge on any atom is 0.312 e. The molecule has 138 valence electrons. The topological polar surface area (TPSA) is 90.1 Å². The number of hydrogen-bond donors (Lipinski definition) is 2. The third-order valence-corrected chi connectivity index (χ3v) is 5.20. The van der Waals surface area contributed by atoms with E-state index in [1.165, 1.54) is 0 Å². The zero-order valence-corrected chi connectivity index (χ0v) is 15.4. The van der Waals surface area contributed by atoms with Crippen LogP contribution in [0.15, 0.2) is 0 Å². The third-order valence-electron chi connectivity index (χ3n) is 5.20. The van der Waals surface area contributed by atoms with Crippen LogP contribution in [-0.4, -0.2) is 88.1 Å². The molecule has 24 heavy (non-hydrogen) atoms. The van der Waals surface area contributed by atoms with Crippen molar-refractivity contribution in [3.8, 4) is 0 Å². The van der Waals surface area contributed by atoms with Gasteiger partial charge < -0.3 is 20.6 Å². The van der Waals surface area contributed by atoms with Crippen LogP contribution in [-0.2, 0) is 9.59 Å². The van der Waals surface area contributed by atoms with E-state index in [2.05, 4.69) is 4.90 Å². The molecule has 2 rings (SSSR count). The van der Waals surface area contributed by atoms with Gasteiger partial charge in [-0.1, -0.05) is 0 Å². The largest absolute Gasteiger partial charge is 0.395 e. The van der Waals surface area contributed by atoms with Gasteiger partial charge in [0.15, 0.2) is 0 Å². The van der Waals surface area contributed by atoms with Gasteiger partial charge in [0.2, 0.25) is 0 Å². The Bertz CT molecular complexity index is 466. The lowest BCUT2D eigenvalue weighted by atomic mass is 9.77. The Labute approximate surface area is 144 Å². The first-order valence-corrected chi connectivity index (χ1v) is 8.81. The van der Waals surface area contributed by atoms with Crippen molar-refractivity contribution in [2.24, 2.45) is 5.73 Å². The summed E-state index contributed by atoms with van der Waals surface area (Å²) in [6, 6.07) is 0.0381. The minimum Gasteiger partial charge on any atom is -0.395 e. The molecule has 0 saturated carbocycles. The molecular weight excluding hydrogens is 308 g/mol. The number of amides is 2. The van der Waals surface area contributed by atoms with E-state index in [-0.39, 0.29) is 12.6 Å². The fourth-order valence-corrected chi connectivity index (χ4v) is 4.45. The van der Waals surface area contributed by atoms with Gasteiger partial charge in [-0.05, 0) is 40.5 Å². The molecule has 0 aromatic carbocycles. The van der Waals surface area contributed by atoms with Crippen molar-refractivity contribution in [3.63, 3.8) is 0 Å². The Kier molecular flexibility index (Phi) is 5.57. The molecule has 0 unspecified atom stereocenters. The zero-order valence-electron chi connectivity index (χ0n) is 15.4. The van der Waals surface area contributed by atoms with Gasteiger partial charge in [0.1, 0.15) is 0 Å². The maximum atomic E-state index is 13.0. The average Bonchev–Trinajstić information content (AvgIpc) is 2.44. The summed E-state index contributed by atoms with van der Waals surface area (Å²) in [7, 11) is 0. The van der Waals surface area contributed by atoms with E-state index in [1.54, 1.807) is 9.80 Å². The predicted molar refractivity (Wildman–Crippen MR) is 92.3 cm³/mol. The summed E-state index contributed by atoms with van der Waals surface area (Å²) < 4.78 is 0. The molecule has 2 fully saturated rings. The molecule has 7 heteroatoms. The first-order chi connectivity index (χ1) is 11.1. The highest BCUT2D eigenvalue weighted by molar-refractivity contribution is 6.35. The van der Waals surface area contributed by atoms with E-state index in [4.69, 9.17) is 10.8 Å². The van der Waals surface area contributed by atoms with E-state index in [0.717, 1.165) is 0 Å². The van der Waals surface area contributed by atoms with Crippen LogP contribution in [0.5, 0.6) is 0 Å². The summed E-state index contributed by atoms with van der Waals surface area (Å²) in [5.41, 5.74) is 5.28. The number of piperidine rings is 1. The minimum atomic E-state index is -0.438. The standard InChI is InChI=1S/C17H32N4O3/c1-16(2)11-13(18)12-17(3,4)21(16)15(24)14(23)20-7-5-19(6-8-20)9-10-22/h13,22H,5-12,18H2,1-4H3. The summed E-state index contributed by atoms with van der Waals surface area (Å²) in [6.07, 6.45) is 1.39. The van der Waals surface area contributed by atoms with Gasteiger partial charge in [-0.3, -0.25) is 14.5 Å². The molecule has 0 radical (unpaired) electrons. The van der Waals surface area contributed by atoms with Crippen LogP contribution in [0.1, 0.15) is 40.5 Å².